The minimum absolute atomic E-state index is 0.129. The zero-order chi connectivity index (χ0) is 20.7. The standard InChI is InChI=1S/C22H26Cl2N2O2/c1-4-10-25-22(28)16(3)26(14-18-8-9-19(23)13-20(18)24)21(27)12-17-7-5-6-15(2)11-17/h5-9,11,13,16H,4,10,12,14H2,1-3H3,(H,25,28)/t16-/m0/s1. The fraction of sp³-hybridized carbons (Fsp3) is 0.364. The number of nitrogens with one attached hydrogen (secondary N) is 1. The highest BCUT2D eigenvalue weighted by atomic mass is 35.5. The maximum atomic E-state index is 13.1. The van der Waals surface area contributed by atoms with Gasteiger partial charge < -0.3 is 10.2 Å². The van der Waals surface area contributed by atoms with Crippen LogP contribution in [0.4, 0.5) is 0 Å². The van der Waals surface area contributed by atoms with Crippen LogP contribution in [0.5, 0.6) is 0 Å². The molecule has 0 aliphatic rings. The Hall–Kier alpha value is -2.04. The molecule has 0 aliphatic carbocycles. The molecule has 0 aliphatic heterocycles. The van der Waals surface area contributed by atoms with Gasteiger partial charge in [-0.05, 0) is 43.5 Å². The van der Waals surface area contributed by atoms with E-state index in [-0.39, 0.29) is 24.8 Å². The summed E-state index contributed by atoms with van der Waals surface area (Å²) in [7, 11) is 0. The summed E-state index contributed by atoms with van der Waals surface area (Å²) in [4.78, 5) is 27.2. The summed E-state index contributed by atoms with van der Waals surface area (Å²) in [6, 6.07) is 12.4. The summed E-state index contributed by atoms with van der Waals surface area (Å²) in [5, 5.41) is 3.87. The second-order valence-corrected chi connectivity index (χ2v) is 7.73. The molecule has 2 aromatic carbocycles. The quantitative estimate of drug-likeness (QED) is 0.667. The summed E-state index contributed by atoms with van der Waals surface area (Å²) in [6.45, 7) is 6.52. The Morgan fingerprint density at radius 3 is 2.54 bits per heavy atom. The van der Waals surface area contributed by atoms with E-state index in [9.17, 15) is 9.59 Å². The maximum absolute atomic E-state index is 13.1. The molecule has 0 saturated carbocycles. The predicted octanol–water partition coefficient (Wildman–Crippen LogP) is 4.79. The van der Waals surface area contributed by atoms with Gasteiger partial charge in [-0.15, -0.1) is 0 Å². The normalized spacial score (nSPS) is 11.8. The van der Waals surface area contributed by atoms with Crippen molar-refractivity contribution in [3.05, 3.63) is 69.2 Å². The smallest absolute Gasteiger partial charge is 0.242 e. The number of hydrogen-bond donors (Lipinski definition) is 1. The van der Waals surface area contributed by atoms with Gasteiger partial charge in [0.25, 0.3) is 0 Å². The number of carbonyl (C=O) groups is 2. The van der Waals surface area contributed by atoms with E-state index in [1.807, 2.05) is 38.1 Å². The van der Waals surface area contributed by atoms with Crippen molar-refractivity contribution in [2.75, 3.05) is 6.54 Å². The molecule has 2 rings (SSSR count). The van der Waals surface area contributed by atoms with Crippen LogP contribution in [0.15, 0.2) is 42.5 Å². The second-order valence-electron chi connectivity index (χ2n) is 6.89. The molecule has 1 N–H and O–H groups in total. The molecule has 2 amide bonds. The number of benzene rings is 2. The van der Waals surface area contributed by atoms with Crippen molar-refractivity contribution < 1.29 is 9.59 Å². The topological polar surface area (TPSA) is 49.4 Å². The highest BCUT2D eigenvalue weighted by molar-refractivity contribution is 6.35. The molecule has 0 aromatic heterocycles. The molecule has 150 valence electrons. The molecule has 4 nitrogen and oxygen atoms in total. The number of nitrogens with zero attached hydrogens (tertiary/aromatic N) is 1. The molecule has 2 aromatic rings. The van der Waals surface area contributed by atoms with Gasteiger partial charge in [0.2, 0.25) is 11.8 Å². The van der Waals surface area contributed by atoms with Crippen LogP contribution in [0.3, 0.4) is 0 Å². The van der Waals surface area contributed by atoms with Crippen LogP contribution in [0.2, 0.25) is 10.0 Å². The van der Waals surface area contributed by atoms with Crippen molar-refractivity contribution in [1.82, 2.24) is 10.2 Å². The Morgan fingerprint density at radius 2 is 1.89 bits per heavy atom. The summed E-state index contributed by atoms with van der Waals surface area (Å²) in [5.74, 6) is -0.305. The van der Waals surface area contributed by atoms with Gasteiger partial charge >= 0.3 is 0 Å². The predicted molar refractivity (Wildman–Crippen MR) is 115 cm³/mol. The minimum atomic E-state index is -0.615. The van der Waals surface area contributed by atoms with Gasteiger partial charge in [-0.25, -0.2) is 0 Å². The van der Waals surface area contributed by atoms with Crippen molar-refractivity contribution in [3.8, 4) is 0 Å². The van der Waals surface area contributed by atoms with E-state index in [2.05, 4.69) is 5.32 Å². The summed E-state index contributed by atoms with van der Waals surface area (Å²) in [5.41, 5.74) is 2.75. The first-order valence-electron chi connectivity index (χ1n) is 9.38. The fourth-order valence-electron chi connectivity index (χ4n) is 2.91. The van der Waals surface area contributed by atoms with Crippen LogP contribution in [-0.4, -0.2) is 29.3 Å². The second kappa shape index (κ2) is 10.5. The van der Waals surface area contributed by atoms with Gasteiger partial charge in [-0.2, -0.15) is 0 Å². The average Bonchev–Trinajstić information content (AvgIpc) is 2.65. The van der Waals surface area contributed by atoms with E-state index in [0.29, 0.717) is 16.6 Å². The third-order valence-corrected chi connectivity index (χ3v) is 5.10. The third kappa shape index (κ3) is 6.25. The SMILES string of the molecule is CCCNC(=O)[C@H](C)N(Cc1ccc(Cl)cc1Cl)C(=O)Cc1cccc(C)c1. The molecule has 0 bridgehead atoms. The largest absolute Gasteiger partial charge is 0.354 e. The third-order valence-electron chi connectivity index (χ3n) is 4.51. The Kier molecular flexibility index (Phi) is 8.34. The molecule has 0 spiro atoms. The molecular weight excluding hydrogens is 395 g/mol. The highest BCUT2D eigenvalue weighted by Gasteiger charge is 2.26. The minimum Gasteiger partial charge on any atom is -0.354 e. The van der Waals surface area contributed by atoms with Crippen LogP contribution in [-0.2, 0) is 22.6 Å². The molecule has 0 heterocycles. The van der Waals surface area contributed by atoms with Crippen LogP contribution in [0.25, 0.3) is 0 Å². The number of aryl methyl sites for hydroxylation is 1. The number of halogens is 2. The molecule has 6 heteroatoms. The van der Waals surface area contributed by atoms with Crippen molar-refractivity contribution in [2.45, 2.75) is 46.2 Å². The van der Waals surface area contributed by atoms with Gasteiger partial charge in [-0.1, -0.05) is 66.0 Å². The lowest BCUT2D eigenvalue weighted by Gasteiger charge is -2.29. The van der Waals surface area contributed by atoms with Crippen molar-refractivity contribution in [3.63, 3.8) is 0 Å². The highest BCUT2D eigenvalue weighted by Crippen LogP contribution is 2.23. The summed E-state index contributed by atoms with van der Waals surface area (Å²) < 4.78 is 0. The number of hydrogen-bond acceptors (Lipinski definition) is 2. The van der Waals surface area contributed by atoms with E-state index < -0.39 is 6.04 Å². The molecule has 0 radical (unpaired) electrons. The number of carbonyl (C=O) groups excluding carboxylic acids is 2. The van der Waals surface area contributed by atoms with Crippen LogP contribution >= 0.6 is 23.2 Å². The lowest BCUT2D eigenvalue weighted by Crippen LogP contribution is -2.48. The van der Waals surface area contributed by atoms with E-state index >= 15 is 0 Å². The van der Waals surface area contributed by atoms with Gasteiger partial charge in [0.1, 0.15) is 6.04 Å². The van der Waals surface area contributed by atoms with E-state index in [4.69, 9.17) is 23.2 Å². The molecular formula is C22H26Cl2N2O2. The molecule has 1 atom stereocenters. The number of amides is 2. The van der Waals surface area contributed by atoms with Gasteiger partial charge in [0, 0.05) is 23.1 Å². The zero-order valence-corrected chi connectivity index (χ0v) is 18.0. The lowest BCUT2D eigenvalue weighted by atomic mass is 10.1. The Balaban J connectivity index is 2.26. The number of rotatable bonds is 8. The summed E-state index contributed by atoms with van der Waals surface area (Å²) >= 11 is 12.3. The Morgan fingerprint density at radius 1 is 1.14 bits per heavy atom. The molecule has 0 fully saturated rings. The van der Waals surface area contributed by atoms with Crippen LogP contribution < -0.4 is 5.32 Å². The first kappa shape index (κ1) is 22.3. The average molecular weight is 421 g/mol. The van der Waals surface area contributed by atoms with Crippen molar-refractivity contribution in [1.29, 1.82) is 0 Å². The summed E-state index contributed by atoms with van der Waals surface area (Å²) in [6.07, 6.45) is 1.05. The lowest BCUT2D eigenvalue weighted by molar-refractivity contribution is -0.140. The van der Waals surface area contributed by atoms with Gasteiger partial charge in [-0.3, -0.25) is 9.59 Å². The monoisotopic (exact) mass is 420 g/mol. The molecule has 28 heavy (non-hydrogen) atoms. The van der Waals surface area contributed by atoms with E-state index in [1.165, 1.54) is 0 Å². The van der Waals surface area contributed by atoms with Crippen LogP contribution in [0.1, 0.15) is 37.0 Å². The zero-order valence-electron chi connectivity index (χ0n) is 16.5. The molecule has 0 unspecified atom stereocenters. The fourth-order valence-corrected chi connectivity index (χ4v) is 3.38. The van der Waals surface area contributed by atoms with Crippen LogP contribution in [0, 0.1) is 6.92 Å². The first-order chi connectivity index (χ1) is 13.3. The van der Waals surface area contributed by atoms with Crippen molar-refractivity contribution in [2.24, 2.45) is 0 Å². The van der Waals surface area contributed by atoms with Gasteiger partial charge in [0.05, 0.1) is 6.42 Å². The molecule has 0 saturated heterocycles. The van der Waals surface area contributed by atoms with Gasteiger partial charge in [0.15, 0.2) is 0 Å². The van der Waals surface area contributed by atoms with Crippen molar-refractivity contribution >= 4 is 35.0 Å². The van der Waals surface area contributed by atoms with E-state index in [0.717, 1.165) is 23.1 Å². The maximum Gasteiger partial charge on any atom is 0.242 e. The Labute approximate surface area is 176 Å². The Bertz CT molecular complexity index is 839. The first-order valence-corrected chi connectivity index (χ1v) is 10.1. The van der Waals surface area contributed by atoms with E-state index in [1.54, 1.807) is 30.0 Å².